The van der Waals surface area contributed by atoms with Crippen molar-refractivity contribution in [1.29, 1.82) is 0 Å². The van der Waals surface area contributed by atoms with Crippen LogP contribution >= 0.6 is 0 Å². The number of amides is 2. The van der Waals surface area contributed by atoms with Crippen LogP contribution in [0.25, 0.3) is 0 Å². The van der Waals surface area contributed by atoms with Gasteiger partial charge >= 0.3 is 0 Å². The minimum atomic E-state index is -0.475. The van der Waals surface area contributed by atoms with Crippen LogP contribution in [0.5, 0.6) is 0 Å². The molecule has 0 bridgehead atoms. The van der Waals surface area contributed by atoms with Gasteiger partial charge in [-0.15, -0.1) is 0 Å². The monoisotopic (exact) mass is 312 g/mol. The van der Waals surface area contributed by atoms with Crippen molar-refractivity contribution >= 4 is 23.2 Å². The van der Waals surface area contributed by atoms with Crippen LogP contribution in [-0.4, -0.2) is 11.8 Å². The molecule has 4 nitrogen and oxygen atoms in total. The number of anilines is 2. The standard InChI is InChI=1S/C18H17FN2O2/c1-11-5-8-16(15(19)9-11)21-18(23)13-3-2-4-14(10-13)20-17(22)12-6-7-12/h2-5,8-10,12H,6-7H2,1H3,(H,20,22)(H,21,23). The first-order valence-electron chi connectivity index (χ1n) is 7.51. The number of carbonyl (C=O) groups excluding carboxylic acids is 2. The molecule has 0 atom stereocenters. The maximum atomic E-state index is 13.8. The van der Waals surface area contributed by atoms with Crippen LogP contribution < -0.4 is 10.6 Å². The first-order chi connectivity index (χ1) is 11.0. The Hall–Kier alpha value is -2.69. The van der Waals surface area contributed by atoms with Gasteiger partial charge in [0.05, 0.1) is 5.69 Å². The molecule has 0 saturated heterocycles. The van der Waals surface area contributed by atoms with E-state index in [4.69, 9.17) is 0 Å². The van der Waals surface area contributed by atoms with E-state index in [1.54, 1.807) is 37.3 Å². The van der Waals surface area contributed by atoms with Gasteiger partial charge in [0.15, 0.2) is 0 Å². The van der Waals surface area contributed by atoms with E-state index in [1.807, 2.05) is 0 Å². The van der Waals surface area contributed by atoms with Crippen molar-refractivity contribution in [1.82, 2.24) is 0 Å². The average molecular weight is 312 g/mol. The molecule has 0 heterocycles. The van der Waals surface area contributed by atoms with Gasteiger partial charge in [0.25, 0.3) is 5.91 Å². The Morgan fingerprint density at radius 1 is 1.09 bits per heavy atom. The molecular formula is C18H17FN2O2. The molecule has 3 rings (SSSR count). The highest BCUT2D eigenvalue weighted by atomic mass is 19.1. The molecule has 0 unspecified atom stereocenters. The van der Waals surface area contributed by atoms with E-state index in [9.17, 15) is 14.0 Å². The number of benzene rings is 2. The van der Waals surface area contributed by atoms with Crippen LogP contribution in [0, 0.1) is 18.7 Å². The Morgan fingerprint density at radius 2 is 1.87 bits per heavy atom. The first kappa shape index (κ1) is 15.2. The molecule has 2 aromatic carbocycles. The second-order valence-corrected chi connectivity index (χ2v) is 5.78. The van der Waals surface area contributed by atoms with Gasteiger partial charge in [-0.1, -0.05) is 12.1 Å². The molecule has 0 aliphatic heterocycles. The van der Waals surface area contributed by atoms with Crippen LogP contribution in [0.3, 0.4) is 0 Å². The maximum Gasteiger partial charge on any atom is 0.255 e. The second-order valence-electron chi connectivity index (χ2n) is 5.78. The Morgan fingerprint density at radius 3 is 2.57 bits per heavy atom. The van der Waals surface area contributed by atoms with Crippen LogP contribution in [-0.2, 0) is 4.79 Å². The number of carbonyl (C=O) groups is 2. The first-order valence-corrected chi connectivity index (χ1v) is 7.51. The molecule has 5 heteroatoms. The van der Waals surface area contributed by atoms with Crippen LogP contribution in [0.2, 0.25) is 0 Å². The summed E-state index contributed by atoms with van der Waals surface area (Å²) < 4.78 is 13.8. The van der Waals surface area contributed by atoms with Crippen molar-refractivity contribution in [3.05, 3.63) is 59.4 Å². The molecule has 2 N–H and O–H groups in total. The Balaban J connectivity index is 1.72. The smallest absolute Gasteiger partial charge is 0.255 e. The molecule has 0 spiro atoms. The Kier molecular flexibility index (Phi) is 4.10. The van der Waals surface area contributed by atoms with E-state index in [-0.39, 0.29) is 17.5 Å². The summed E-state index contributed by atoms with van der Waals surface area (Å²) in [6, 6.07) is 11.2. The summed E-state index contributed by atoms with van der Waals surface area (Å²) in [4.78, 5) is 24.0. The van der Waals surface area contributed by atoms with Gasteiger partial charge in [0.2, 0.25) is 5.91 Å². The predicted molar refractivity (Wildman–Crippen MR) is 86.9 cm³/mol. The fourth-order valence-electron chi connectivity index (χ4n) is 2.24. The predicted octanol–water partition coefficient (Wildman–Crippen LogP) is 3.73. The zero-order valence-corrected chi connectivity index (χ0v) is 12.7. The Labute approximate surface area is 133 Å². The Bertz CT molecular complexity index is 769. The maximum absolute atomic E-state index is 13.8. The second kappa shape index (κ2) is 6.20. The van der Waals surface area contributed by atoms with Gasteiger partial charge in [-0.05, 0) is 55.7 Å². The zero-order valence-electron chi connectivity index (χ0n) is 12.7. The minimum absolute atomic E-state index is 0.0212. The van der Waals surface area contributed by atoms with Crippen molar-refractivity contribution in [3.8, 4) is 0 Å². The fraction of sp³-hybridized carbons (Fsp3) is 0.222. The third kappa shape index (κ3) is 3.74. The topological polar surface area (TPSA) is 58.2 Å². The summed E-state index contributed by atoms with van der Waals surface area (Å²) >= 11 is 0. The van der Waals surface area contributed by atoms with Crippen molar-refractivity contribution in [3.63, 3.8) is 0 Å². The van der Waals surface area contributed by atoms with Gasteiger partial charge in [-0.3, -0.25) is 9.59 Å². The van der Waals surface area contributed by atoms with Gasteiger partial charge in [0, 0.05) is 17.2 Å². The summed E-state index contributed by atoms with van der Waals surface area (Å²) in [7, 11) is 0. The number of hydrogen-bond acceptors (Lipinski definition) is 2. The van der Waals surface area contributed by atoms with Crippen LogP contribution in [0.1, 0.15) is 28.8 Å². The highest BCUT2D eigenvalue weighted by Gasteiger charge is 2.29. The van der Waals surface area contributed by atoms with Gasteiger partial charge in [-0.25, -0.2) is 4.39 Å². The third-order valence-electron chi connectivity index (χ3n) is 3.71. The van der Waals surface area contributed by atoms with E-state index in [0.717, 1.165) is 18.4 Å². The summed E-state index contributed by atoms with van der Waals surface area (Å²) in [6.07, 6.45) is 1.83. The van der Waals surface area contributed by atoms with E-state index < -0.39 is 11.7 Å². The summed E-state index contributed by atoms with van der Waals surface area (Å²) in [5.74, 6) is -0.826. The largest absolute Gasteiger partial charge is 0.326 e. The van der Waals surface area contributed by atoms with Gasteiger partial charge in [-0.2, -0.15) is 0 Å². The summed E-state index contributed by atoms with van der Waals surface area (Å²) in [6.45, 7) is 1.78. The molecule has 2 aromatic rings. The van der Waals surface area contributed by atoms with Crippen LogP contribution in [0.4, 0.5) is 15.8 Å². The fourth-order valence-corrected chi connectivity index (χ4v) is 2.24. The molecule has 1 aliphatic rings. The zero-order chi connectivity index (χ0) is 16.4. The van der Waals surface area contributed by atoms with Crippen molar-refractivity contribution < 1.29 is 14.0 Å². The number of nitrogens with one attached hydrogen (secondary N) is 2. The molecule has 1 aliphatic carbocycles. The lowest BCUT2D eigenvalue weighted by molar-refractivity contribution is -0.117. The number of halogens is 1. The highest BCUT2D eigenvalue weighted by Crippen LogP contribution is 2.30. The molecule has 118 valence electrons. The quantitative estimate of drug-likeness (QED) is 0.903. The number of aryl methyl sites for hydroxylation is 1. The molecule has 2 amide bonds. The SMILES string of the molecule is Cc1ccc(NC(=O)c2cccc(NC(=O)C3CC3)c2)c(F)c1. The van der Waals surface area contributed by atoms with E-state index >= 15 is 0 Å². The molecule has 23 heavy (non-hydrogen) atoms. The molecule has 0 aromatic heterocycles. The average Bonchev–Trinajstić information content (AvgIpc) is 3.35. The minimum Gasteiger partial charge on any atom is -0.326 e. The van der Waals surface area contributed by atoms with E-state index in [0.29, 0.717) is 11.3 Å². The molecule has 1 fully saturated rings. The lowest BCUT2D eigenvalue weighted by atomic mass is 10.1. The van der Waals surface area contributed by atoms with Crippen molar-refractivity contribution in [2.75, 3.05) is 10.6 Å². The lowest BCUT2D eigenvalue weighted by Crippen LogP contribution is -2.16. The van der Waals surface area contributed by atoms with Crippen molar-refractivity contribution in [2.24, 2.45) is 5.92 Å². The van der Waals surface area contributed by atoms with Crippen molar-refractivity contribution in [2.45, 2.75) is 19.8 Å². The summed E-state index contributed by atoms with van der Waals surface area (Å²) in [5, 5.41) is 5.33. The lowest BCUT2D eigenvalue weighted by Gasteiger charge is -2.09. The summed E-state index contributed by atoms with van der Waals surface area (Å²) in [5.41, 5.74) is 1.84. The number of rotatable bonds is 4. The van der Waals surface area contributed by atoms with Gasteiger partial charge < -0.3 is 10.6 Å². The molecule has 1 saturated carbocycles. The van der Waals surface area contributed by atoms with Gasteiger partial charge in [0.1, 0.15) is 5.82 Å². The number of hydrogen-bond donors (Lipinski definition) is 2. The third-order valence-corrected chi connectivity index (χ3v) is 3.71. The molecule has 0 radical (unpaired) electrons. The van der Waals surface area contributed by atoms with Crippen LogP contribution in [0.15, 0.2) is 42.5 Å². The normalized spacial score (nSPS) is 13.5. The highest BCUT2D eigenvalue weighted by molar-refractivity contribution is 6.05. The van der Waals surface area contributed by atoms with E-state index in [1.165, 1.54) is 12.1 Å². The molecular weight excluding hydrogens is 295 g/mol. The van der Waals surface area contributed by atoms with E-state index in [2.05, 4.69) is 10.6 Å².